The molecule has 2 nitrogen and oxygen atoms in total. The Bertz CT molecular complexity index is 400. The highest BCUT2D eigenvalue weighted by molar-refractivity contribution is 7.12. The van der Waals surface area contributed by atoms with Gasteiger partial charge in [0.05, 0.1) is 0 Å². The Kier molecular flexibility index (Phi) is 6.53. The second-order valence-corrected chi connectivity index (χ2v) is 7.30. The first-order chi connectivity index (χ1) is 9.74. The Hall–Kier alpha value is -0.380. The lowest BCUT2D eigenvalue weighted by atomic mass is 10.1. The molecule has 1 atom stereocenters. The highest BCUT2D eigenvalue weighted by Crippen LogP contribution is 2.26. The quantitative estimate of drug-likeness (QED) is 0.840. The van der Waals surface area contributed by atoms with Crippen LogP contribution in [0.2, 0.25) is 0 Å². The van der Waals surface area contributed by atoms with Crippen LogP contribution in [-0.2, 0) is 13.1 Å². The van der Waals surface area contributed by atoms with Crippen LogP contribution in [0.25, 0.3) is 0 Å². The van der Waals surface area contributed by atoms with Gasteiger partial charge in [0, 0.05) is 28.9 Å². The van der Waals surface area contributed by atoms with Crippen LogP contribution in [0.15, 0.2) is 6.07 Å². The van der Waals surface area contributed by atoms with E-state index in [-0.39, 0.29) is 0 Å². The Morgan fingerprint density at radius 2 is 2.15 bits per heavy atom. The molecule has 0 amide bonds. The Morgan fingerprint density at radius 1 is 1.30 bits per heavy atom. The van der Waals surface area contributed by atoms with Gasteiger partial charge in [-0.05, 0) is 50.9 Å². The average Bonchev–Trinajstić information content (AvgIpc) is 2.65. The fourth-order valence-corrected chi connectivity index (χ4v) is 4.23. The number of hydrogen-bond donors (Lipinski definition) is 1. The van der Waals surface area contributed by atoms with Gasteiger partial charge in [-0.1, -0.05) is 26.7 Å². The van der Waals surface area contributed by atoms with Crippen LogP contribution in [0.3, 0.4) is 0 Å². The van der Waals surface area contributed by atoms with E-state index >= 15 is 0 Å². The molecule has 2 rings (SSSR count). The number of likely N-dealkylation sites (tertiary alicyclic amines) is 1. The molecule has 1 unspecified atom stereocenters. The fourth-order valence-electron chi connectivity index (χ4n) is 3.21. The molecule has 1 saturated heterocycles. The molecule has 1 N–H and O–H groups in total. The summed E-state index contributed by atoms with van der Waals surface area (Å²) < 4.78 is 0. The molecule has 3 heteroatoms. The number of aryl methyl sites for hydroxylation is 1. The number of rotatable bonds is 6. The molecular formula is C17H30N2S. The SMILES string of the molecule is CCNCc1cc(CN2CCCCCC2CC)c(C)s1. The average molecular weight is 295 g/mol. The predicted octanol–water partition coefficient (Wildman–Crippen LogP) is 4.32. The van der Waals surface area contributed by atoms with Gasteiger partial charge in [0.2, 0.25) is 0 Å². The summed E-state index contributed by atoms with van der Waals surface area (Å²) in [5.41, 5.74) is 1.56. The van der Waals surface area contributed by atoms with Gasteiger partial charge in [-0.2, -0.15) is 0 Å². The van der Waals surface area contributed by atoms with Crippen LogP contribution in [0, 0.1) is 6.92 Å². The van der Waals surface area contributed by atoms with Gasteiger partial charge in [0.1, 0.15) is 0 Å². The molecule has 0 aliphatic carbocycles. The molecule has 0 saturated carbocycles. The molecule has 1 aromatic rings. The monoisotopic (exact) mass is 294 g/mol. The van der Waals surface area contributed by atoms with Gasteiger partial charge in [-0.15, -0.1) is 11.3 Å². The van der Waals surface area contributed by atoms with Crippen molar-refractivity contribution in [1.29, 1.82) is 0 Å². The third kappa shape index (κ3) is 4.31. The maximum Gasteiger partial charge on any atom is 0.0299 e. The first-order valence-electron chi connectivity index (χ1n) is 8.27. The summed E-state index contributed by atoms with van der Waals surface area (Å²) in [6.45, 7) is 11.3. The lowest BCUT2D eigenvalue weighted by Gasteiger charge is -2.29. The molecular weight excluding hydrogens is 264 g/mol. The van der Waals surface area contributed by atoms with Crippen molar-refractivity contribution in [3.8, 4) is 0 Å². The molecule has 1 aliphatic heterocycles. The summed E-state index contributed by atoms with van der Waals surface area (Å²) in [6, 6.07) is 3.23. The second-order valence-electron chi connectivity index (χ2n) is 5.96. The molecule has 0 bridgehead atoms. The summed E-state index contributed by atoms with van der Waals surface area (Å²) in [6.07, 6.45) is 6.91. The van der Waals surface area contributed by atoms with Gasteiger partial charge >= 0.3 is 0 Å². The van der Waals surface area contributed by atoms with Crippen molar-refractivity contribution in [2.45, 2.75) is 72.0 Å². The van der Waals surface area contributed by atoms with Crippen LogP contribution < -0.4 is 5.32 Å². The minimum atomic E-state index is 0.800. The lowest BCUT2D eigenvalue weighted by Crippen LogP contribution is -2.33. The third-order valence-corrected chi connectivity index (χ3v) is 5.56. The van der Waals surface area contributed by atoms with E-state index in [0.29, 0.717) is 0 Å². The zero-order valence-electron chi connectivity index (χ0n) is 13.4. The van der Waals surface area contributed by atoms with E-state index in [4.69, 9.17) is 0 Å². The number of nitrogens with zero attached hydrogens (tertiary/aromatic N) is 1. The summed E-state index contributed by atoms with van der Waals surface area (Å²) in [5, 5.41) is 3.44. The van der Waals surface area contributed by atoms with Crippen LogP contribution in [-0.4, -0.2) is 24.0 Å². The smallest absolute Gasteiger partial charge is 0.0299 e. The molecule has 114 valence electrons. The van der Waals surface area contributed by atoms with E-state index in [2.05, 4.69) is 37.1 Å². The molecule has 2 heterocycles. The molecule has 0 spiro atoms. The predicted molar refractivity (Wildman–Crippen MR) is 89.4 cm³/mol. The zero-order chi connectivity index (χ0) is 14.4. The van der Waals surface area contributed by atoms with Crippen LogP contribution >= 0.6 is 11.3 Å². The first-order valence-corrected chi connectivity index (χ1v) is 9.09. The van der Waals surface area contributed by atoms with Crippen LogP contribution in [0.1, 0.15) is 61.3 Å². The largest absolute Gasteiger partial charge is 0.312 e. The van der Waals surface area contributed by atoms with Crippen molar-refractivity contribution >= 4 is 11.3 Å². The molecule has 0 aromatic carbocycles. The van der Waals surface area contributed by atoms with E-state index in [9.17, 15) is 0 Å². The van der Waals surface area contributed by atoms with Crippen molar-refractivity contribution in [1.82, 2.24) is 10.2 Å². The molecule has 1 aliphatic rings. The van der Waals surface area contributed by atoms with Crippen molar-refractivity contribution in [2.75, 3.05) is 13.1 Å². The molecule has 20 heavy (non-hydrogen) atoms. The Balaban J connectivity index is 2.01. The Labute approximate surface area is 128 Å². The van der Waals surface area contributed by atoms with E-state index in [1.807, 2.05) is 11.3 Å². The summed E-state index contributed by atoms with van der Waals surface area (Å²) in [7, 11) is 0. The normalized spacial score (nSPS) is 21.1. The van der Waals surface area contributed by atoms with Crippen molar-refractivity contribution in [2.24, 2.45) is 0 Å². The minimum absolute atomic E-state index is 0.800. The Morgan fingerprint density at radius 3 is 2.90 bits per heavy atom. The van der Waals surface area contributed by atoms with E-state index in [1.54, 1.807) is 5.56 Å². The topological polar surface area (TPSA) is 15.3 Å². The van der Waals surface area contributed by atoms with Gasteiger partial charge in [0.25, 0.3) is 0 Å². The highest BCUT2D eigenvalue weighted by Gasteiger charge is 2.20. The summed E-state index contributed by atoms with van der Waals surface area (Å²) in [5.74, 6) is 0. The van der Waals surface area contributed by atoms with Crippen LogP contribution in [0.4, 0.5) is 0 Å². The van der Waals surface area contributed by atoms with Crippen molar-refractivity contribution in [3.63, 3.8) is 0 Å². The minimum Gasteiger partial charge on any atom is -0.312 e. The van der Waals surface area contributed by atoms with Crippen LogP contribution in [0.5, 0.6) is 0 Å². The van der Waals surface area contributed by atoms with Gasteiger partial charge < -0.3 is 5.32 Å². The molecule has 1 fully saturated rings. The summed E-state index contributed by atoms with van der Waals surface area (Å²) >= 11 is 1.97. The number of thiophene rings is 1. The van der Waals surface area contributed by atoms with Gasteiger partial charge in [0.15, 0.2) is 0 Å². The maximum atomic E-state index is 3.44. The van der Waals surface area contributed by atoms with E-state index < -0.39 is 0 Å². The number of nitrogens with one attached hydrogen (secondary N) is 1. The van der Waals surface area contributed by atoms with Crippen molar-refractivity contribution in [3.05, 3.63) is 21.4 Å². The van der Waals surface area contributed by atoms with Gasteiger partial charge in [-0.3, -0.25) is 4.90 Å². The maximum absolute atomic E-state index is 3.44. The zero-order valence-corrected chi connectivity index (χ0v) is 14.2. The standard InChI is InChI=1S/C17H30N2S/c1-4-16-9-7-6-8-10-19(16)13-15-11-17(12-18-5-2)20-14(15)3/h11,16,18H,4-10,12-13H2,1-3H3. The van der Waals surface area contributed by atoms with E-state index in [1.165, 1.54) is 48.4 Å². The number of hydrogen-bond acceptors (Lipinski definition) is 3. The summed E-state index contributed by atoms with van der Waals surface area (Å²) in [4.78, 5) is 5.73. The van der Waals surface area contributed by atoms with E-state index in [0.717, 1.165) is 25.7 Å². The fraction of sp³-hybridized carbons (Fsp3) is 0.765. The second kappa shape index (κ2) is 8.16. The highest BCUT2D eigenvalue weighted by atomic mass is 32.1. The third-order valence-electron chi connectivity index (χ3n) is 4.46. The first kappa shape index (κ1) is 16.0. The lowest BCUT2D eigenvalue weighted by molar-refractivity contribution is 0.186. The molecule has 1 aromatic heterocycles. The molecule has 0 radical (unpaired) electrons. The van der Waals surface area contributed by atoms with Crippen molar-refractivity contribution < 1.29 is 0 Å². The van der Waals surface area contributed by atoms with Gasteiger partial charge in [-0.25, -0.2) is 0 Å².